The number of hydrogen-bond donors (Lipinski definition) is 1. The second-order valence-corrected chi connectivity index (χ2v) is 9.12. The first-order valence-corrected chi connectivity index (χ1v) is 11.3. The number of aliphatic hydroxyl groups is 1. The van der Waals surface area contributed by atoms with Crippen LogP contribution in [0.15, 0.2) is 30.4 Å². The Bertz CT molecular complexity index is 913. The highest BCUT2D eigenvalue weighted by atomic mass is 16.8. The van der Waals surface area contributed by atoms with Gasteiger partial charge in [0.2, 0.25) is 0 Å². The smallest absolute Gasteiger partial charge is 0.339 e. The minimum atomic E-state index is -0.848. The molecule has 0 aliphatic carbocycles. The third-order valence-corrected chi connectivity index (χ3v) is 6.07. The largest absolute Gasteiger partial charge is 0.458 e. The van der Waals surface area contributed by atoms with Crippen molar-refractivity contribution in [3.8, 4) is 0 Å². The van der Waals surface area contributed by atoms with E-state index in [4.69, 9.17) is 14.2 Å². The molecule has 2 heterocycles. The molecule has 1 aromatic carbocycles. The van der Waals surface area contributed by atoms with Crippen LogP contribution in [0.3, 0.4) is 0 Å². The Labute approximate surface area is 190 Å². The molecule has 1 N–H and O–H groups in total. The lowest BCUT2D eigenvalue weighted by Crippen LogP contribution is -2.30. The monoisotopic (exact) mass is 442 g/mol. The van der Waals surface area contributed by atoms with Crippen LogP contribution >= 0.6 is 0 Å². The van der Waals surface area contributed by atoms with Gasteiger partial charge in [0.15, 0.2) is 11.6 Å². The van der Waals surface area contributed by atoms with Crippen LogP contribution in [-0.4, -0.2) is 47.6 Å². The molecule has 0 radical (unpaired) electrons. The molecule has 0 bridgehead atoms. The molecule has 0 aromatic heterocycles. The summed E-state index contributed by atoms with van der Waals surface area (Å²) in [5, 5.41) is 9.31. The zero-order chi connectivity index (χ0) is 23.5. The van der Waals surface area contributed by atoms with E-state index in [-0.39, 0.29) is 24.3 Å². The molecule has 3 rings (SSSR count). The average molecular weight is 443 g/mol. The van der Waals surface area contributed by atoms with Crippen LogP contribution in [0.5, 0.6) is 0 Å². The Hall–Kier alpha value is -2.28. The molecule has 174 valence electrons. The lowest BCUT2D eigenvalue weighted by molar-refractivity contribution is -0.152. The molecule has 2 aliphatic rings. The first-order valence-electron chi connectivity index (χ1n) is 11.3. The Morgan fingerprint density at radius 3 is 2.59 bits per heavy atom. The summed E-state index contributed by atoms with van der Waals surface area (Å²) in [6.07, 6.45) is 7.27. The van der Waals surface area contributed by atoms with Crippen LogP contribution in [0.1, 0.15) is 67.6 Å². The Balaban J connectivity index is 2.06. The number of ether oxygens (including phenoxy) is 3. The van der Waals surface area contributed by atoms with Crippen molar-refractivity contribution in [3.05, 3.63) is 52.6 Å². The molecule has 2 aliphatic heterocycles. The second-order valence-electron chi connectivity index (χ2n) is 9.12. The highest BCUT2D eigenvalue weighted by molar-refractivity contribution is 5.96. The summed E-state index contributed by atoms with van der Waals surface area (Å²) in [5.41, 5.74) is 3.13. The van der Waals surface area contributed by atoms with E-state index in [2.05, 4.69) is 0 Å². The highest BCUT2D eigenvalue weighted by Crippen LogP contribution is 2.32. The van der Waals surface area contributed by atoms with Crippen molar-refractivity contribution in [1.29, 1.82) is 0 Å². The molecule has 0 unspecified atom stereocenters. The van der Waals surface area contributed by atoms with Gasteiger partial charge in [0.05, 0.1) is 11.7 Å². The van der Waals surface area contributed by atoms with E-state index in [0.29, 0.717) is 24.8 Å². The second kappa shape index (κ2) is 10.1. The van der Waals surface area contributed by atoms with E-state index in [1.807, 2.05) is 45.1 Å². The molecule has 6 heteroatoms. The van der Waals surface area contributed by atoms with Gasteiger partial charge in [0.25, 0.3) is 0 Å². The van der Waals surface area contributed by atoms with Crippen molar-refractivity contribution in [2.24, 2.45) is 5.92 Å². The maximum Gasteiger partial charge on any atom is 0.339 e. The average Bonchev–Trinajstić information content (AvgIpc) is 3.04. The minimum Gasteiger partial charge on any atom is -0.458 e. The number of carbonyl (C=O) groups is 2. The Morgan fingerprint density at radius 1 is 1.12 bits per heavy atom. The van der Waals surface area contributed by atoms with E-state index in [0.717, 1.165) is 16.7 Å². The highest BCUT2D eigenvalue weighted by Gasteiger charge is 2.43. The molecular formula is C26H34O6. The van der Waals surface area contributed by atoms with Crippen LogP contribution in [0.25, 0.3) is 6.08 Å². The molecule has 4 atom stereocenters. The Morgan fingerprint density at radius 2 is 1.88 bits per heavy atom. The number of esters is 1. The van der Waals surface area contributed by atoms with Crippen molar-refractivity contribution < 1.29 is 28.9 Å². The van der Waals surface area contributed by atoms with Crippen molar-refractivity contribution >= 4 is 17.8 Å². The third-order valence-electron chi connectivity index (χ3n) is 6.07. The molecule has 1 aromatic rings. The van der Waals surface area contributed by atoms with Gasteiger partial charge in [0, 0.05) is 12.5 Å². The zero-order valence-corrected chi connectivity index (χ0v) is 19.6. The minimum absolute atomic E-state index is 0.0732. The first-order chi connectivity index (χ1) is 15.1. The van der Waals surface area contributed by atoms with Crippen LogP contribution < -0.4 is 0 Å². The maximum atomic E-state index is 13.2. The molecule has 1 fully saturated rings. The lowest BCUT2D eigenvalue weighted by atomic mass is 9.92. The van der Waals surface area contributed by atoms with Crippen LogP contribution in [0.2, 0.25) is 0 Å². The van der Waals surface area contributed by atoms with Gasteiger partial charge in [-0.25, -0.2) is 4.79 Å². The molecule has 0 spiro atoms. The van der Waals surface area contributed by atoms with Gasteiger partial charge < -0.3 is 19.3 Å². The van der Waals surface area contributed by atoms with Gasteiger partial charge in [-0.3, -0.25) is 4.79 Å². The fourth-order valence-electron chi connectivity index (χ4n) is 4.12. The number of aliphatic hydroxyl groups excluding tert-OH is 1. The Kier molecular flexibility index (Phi) is 7.70. The van der Waals surface area contributed by atoms with Crippen molar-refractivity contribution in [3.63, 3.8) is 0 Å². The summed E-state index contributed by atoms with van der Waals surface area (Å²) >= 11 is 0. The molecule has 0 saturated carbocycles. The number of hydrogen-bond acceptors (Lipinski definition) is 6. The van der Waals surface area contributed by atoms with Gasteiger partial charge in [-0.05, 0) is 69.7 Å². The molecule has 0 amide bonds. The van der Waals surface area contributed by atoms with E-state index in [1.165, 1.54) is 6.08 Å². The number of rotatable bonds is 3. The van der Waals surface area contributed by atoms with E-state index >= 15 is 0 Å². The van der Waals surface area contributed by atoms with Gasteiger partial charge in [0.1, 0.15) is 12.2 Å². The van der Waals surface area contributed by atoms with Crippen molar-refractivity contribution in [2.45, 2.75) is 78.0 Å². The van der Waals surface area contributed by atoms with Gasteiger partial charge in [-0.2, -0.15) is 0 Å². The summed E-state index contributed by atoms with van der Waals surface area (Å²) in [6.45, 7) is 9.31. The zero-order valence-electron chi connectivity index (χ0n) is 19.6. The predicted molar refractivity (Wildman–Crippen MR) is 122 cm³/mol. The fourth-order valence-corrected chi connectivity index (χ4v) is 4.12. The first kappa shape index (κ1) is 24.4. The van der Waals surface area contributed by atoms with Crippen LogP contribution in [-0.2, 0) is 25.4 Å². The van der Waals surface area contributed by atoms with E-state index < -0.39 is 24.1 Å². The summed E-state index contributed by atoms with van der Waals surface area (Å²) in [4.78, 5) is 26.0. The molecule has 1 saturated heterocycles. The summed E-state index contributed by atoms with van der Waals surface area (Å²) in [6, 6.07) is 3.91. The number of benzene rings is 1. The van der Waals surface area contributed by atoms with Gasteiger partial charge in [-0.1, -0.05) is 37.3 Å². The number of carbonyl (C=O) groups excluding carboxylic acids is 2. The third kappa shape index (κ3) is 5.55. The van der Waals surface area contributed by atoms with Gasteiger partial charge in [-0.15, -0.1) is 0 Å². The van der Waals surface area contributed by atoms with Crippen molar-refractivity contribution in [1.82, 2.24) is 0 Å². The van der Waals surface area contributed by atoms with Crippen molar-refractivity contribution in [2.75, 3.05) is 6.61 Å². The topological polar surface area (TPSA) is 82.1 Å². The lowest BCUT2D eigenvalue weighted by Gasteiger charge is -2.21. The molecular weight excluding hydrogens is 408 g/mol. The summed E-state index contributed by atoms with van der Waals surface area (Å²) < 4.78 is 17.7. The number of ketones is 1. The quantitative estimate of drug-likeness (QED) is 0.708. The van der Waals surface area contributed by atoms with Crippen LogP contribution in [0, 0.1) is 12.8 Å². The maximum absolute atomic E-state index is 13.2. The summed E-state index contributed by atoms with van der Waals surface area (Å²) in [5.74, 6) is -1.55. The van der Waals surface area contributed by atoms with Crippen LogP contribution in [0.4, 0.5) is 0 Å². The standard InChI is InChI=1S/C26H34O6/c1-16-12-14-21(28)24-22(31-26(4,5)32-24)10-6-9-20-19(8-7-15-27)13-11-17(2)23(20)25(29)30-18(16)3/h6,9,11-14,16,18,22,24,27H,7-8,10,15H2,1-5H3/b9-6?,14-12-/t16-,18+,22+,24-/m1/s1. The fraction of sp³-hybridized carbons (Fsp3) is 0.538. The van der Waals surface area contributed by atoms with E-state index in [1.54, 1.807) is 19.9 Å². The molecule has 6 nitrogen and oxygen atoms in total. The number of fused-ring (bicyclic) bond motifs is 2. The van der Waals surface area contributed by atoms with Gasteiger partial charge >= 0.3 is 5.97 Å². The summed E-state index contributed by atoms with van der Waals surface area (Å²) in [7, 11) is 0. The number of aryl methyl sites for hydroxylation is 2. The SMILES string of the molecule is Cc1ccc(CCCO)c2c1C(=O)O[C@@H](C)[C@H](C)/C=C\C(=O)[C@H]1OC(C)(C)O[C@H]1CC=C2. The predicted octanol–water partition coefficient (Wildman–Crippen LogP) is 4.16. The normalized spacial score (nSPS) is 29.1. The molecule has 32 heavy (non-hydrogen) atoms. The van der Waals surface area contributed by atoms with E-state index in [9.17, 15) is 14.7 Å². The number of cyclic esters (lactones) is 1.